The van der Waals surface area contributed by atoms with Gasteiger partial charge in [0.1, 0.15) is 5.82 Å². The van der Waals surface area contributed by atoms with Crippen LogP contribution in [0.4, 0.5) is 4.39 Å². The molecule has 0 aliphatic carbocycles. The van der Waals surface area contributed by atoms with E-state index in [0.29, 0.717) is 5.69 Å². The van der Waals surface area contributed by atoms with Gasteiger partial charge >= 0.3 is 0 Å². The highest BCUT2D eigenvalue weighted by Crippen LogP contribution is 2.24. The molecule has 0 saturated heterocycles. The summed E-state index contributed by atoms with van der Waals surface area (Å²) >= 11 is 2.13. The minimum atomic E-state index is -0.863. The Bertz CT molecular complexity index is 510. The lowest BCUT2D eigenvalue weighted by atomic mass is 10.1. The predicted octanol–water partition coefficient (Wildman–Crippen LogP) is 2.67. The monoisotopic (exact) mass is 332 g/mol. The summed E-state index contributed by atoms with van der Waals surface area (Å²) in [6.45, 7) is 1.54. The van der Waals surface area contributed by atoms with Gasteiger partial charge in [-0.1, -0.05) is 6.07 Å². The lowest BCUT2D eigenvalue weighted by molar-refractivity contribution is 0.194. The Kier molecular flexibility index (Phi) is 3.25. The van der Waals surface area contributed by atoms with Crippen LogP contribution in [0.5, 0.6) is 0 Å². The molecule has 0 radical (unpaired) electrons. The van der Waals surface area contributed by atoms with Crippen molar-refractivity contribution in [2.75, 3.05) is 0 Å². The second kappa shape index (κ2) is 4.50. The molecule has 0 spiro atoms. The van der Waals surface area contributed by atoms with Crippen LogP contribution in [0.2, 0.25) is 0 Å². The Hall–Kier alpha value is -0.950. The van der Waals surface area contributed by atoms with Gasteiger partial charge < -0.3 is 5.11 Å². The molecule has 0 fully saturated rings. The Morgan fingerprint density at radius 3 is 2.81 bits per heavy atom. The van der Waals surface area contributed by atoms with E-state index in [0.717, 1.165) is 3.57 Å². The third-order valence-electron chi connectivity index (χ3n) is 2.25. The molecule has 3 nitrogen and oxygen atoms in total. The van der Waals surface area contributed by atoms with E-state index in [2.05, 4.69) is 27.7 Å². The van der Waals surface area contributed by atoms with Crippen molar-refractivity contribution in [2.24, 2.45) is 0 Å². The number of nitrogens with zero attached hydrogens (tertiary/aromatic N) is 2. The number of aliphatic hydroxyl groups is 1. The summed E-state index contributed by atoms with van der Waals surface area (Å²) in [5.74, 6) is -0.419. The second-order valence-corrected chi connectivity index (χ2v) is 4.70. The van der Waals surface area contributed by atoms with E-state index < -0.39 is 11.9 Å². The van der Waals surface area contributed by atoms with E-state index >= 15 is 0 Å². The highest BCUT2D eigenvalue weighted by atomic mass is 127. The molecule has 0 saturated carbocycles. The lowest BCUT2D eigenvalue weighted by Crippen LogP contribution is -2.05. The van der Waals surface area contributed by atoms with Crippen LogP contribution >= 0.6 is 22.6 Å². The maximum atomic E-state index is 13.6. The molecule has 84 valence electrons. The Morgan fingerprint density at radius 1 is 1.50 bits per heavy atom. The quantitative estimate of drug-likeness (QED) is 0.859. The average molecular weight is 332 g/mol. The second-order valence-electron chi connectivity index (χ2n) is 3.45. The summed E-state index contributed by atoms with van der Waals surface area (Å²) in [4.78, 5) is 0. The maximum Gasteiger partial charge on any atom is 0.131 e. The summed E-state index contributed by atoms with van der Waals surface area (Å²) in [5, 5.41) is 13.7. The zero-order valence-electron chi connectivity index (χ0n) is 8.56. The fourth-order valence-corrected chi connectivity index (χ4v) is 1.96. The summed E-state index contributed by atoms with van der Waals surface area (Å²) in [7, 11) is 0. The van der Waals surface area contributed by atoms with Crippen LogP contribution < -0.4 is 0 Å². The minimum Gasteiger partial charge on any atom is -0.389 e. The molecule has 16 heavy (non-hydrogen) atoms. The van der Waals surface area contributed by atoms with Gasteiger partial charge in [0, 0.05) is 11.8 Å². The van der Waals surface area contributed by atoms with Gasteiger partial charge in [0.25, 0.3) is 0 Å². The van der Waals surface area contributed by atoms with E-state index in [1.165, 1.54) is 13.0 Å². The van der Waals surface area contributed by atoms with Gasteiger partial charge in [0.05, 0.1) is 21.6 Å². The maximum absolute atomic E-state index is 13.6. The van der Waals surface area contributed by atoms with Gasteiger partial charge in [-0.2, -0.15) is 5.10 Å². The average Bonchev–Trinajstić information content (AvgIpc) is 2.63. The van der Waals surface area contributed by atoms with Crippen molar-refractivity contribution < 1.29 is 9.50 Å². The van der Waals surface area contributed by atoms with E-state index in [1.807, 2.05) is 0 Å². The number of aromatic nitrogens is 2. The predicted molar refractivity (Wildman–Crippen MR) is 66.9 cm³/mol. The number of rotatable bonds is 2. The molecule has 1 atom stereocenters. The smallest absolute Gasteiger partial charge is 0.131 e. The molecular weight excluding hydrogens is 322 g/mol. The van der Waals surface area contributed by atoms with Crippen molar-refractivity contribution in [3.63, 3.8) is 0 Å². The van der Waals surface area contributed by atoms with Crippen LogP contribution in [0.3, 0.4) is 0 Å². The largest absolute Gasteiger partial charge is 0.389 e. The van der Waals surface area contributed by atoms with Crippen molar-refractivity contribution in [1.82, 2.24) is 9.78 Å². The van der Waals surface area contributed by atoms with Gasteiger partial charge in [-0.25, -0.2) is 9.07 Å². The Balaban J connectivity index is 2.60. The van der Waals surface area contributed by atoms with E-state index in [4.69, 9.17) is 0 Å². The molecule has 1 aromatic carbocycles. The molecule has 1 N–H and O–H groups in total. The third-order valence-corrected chi connectivity index (χ3v) is 2.80. The molecule has 0 aliphatic rings. The van der Waals surface area contributed by atoms with Gasteiger partial charge in [0.2, 0.25) is 0 Å². The molecule has 0 bridgehead atoms. The normalized spacial score (nSPS) is 12.8. The molecule has 0 amide bonds. The summed E-state index contributed by atoms with van der Waals surface area (Å²) in [6.07, 6.45) is 2.59. The molecule has 1 heterocycles. The number of benzene rings is 1. The summed E-state index contributed by atoms with van der Waals surface area (Å²) in [6, 6.07) is 4.67. The van der Waals surface area contributed by atoms with E-state index in [9.17, 15) is 9.50 Å². The fraction of sp³-hybridized carbons (Fsp3) is 0.182. The van der Waals surface area contributed by atoms with Gasteiger partial charge in [-0.15, -0.1) is 0 Å². The standard InChI is InChI=1S/C11H10FIN2O/c1-7(16)11-9(12)3-2-4-10(11)15-6-8(13)5-14-15/h2-7,16H,1H3/t7-/m0/s1. The van der Waals surface area contributed by atoms with Crippen molar-refractivity contribution >= 4 is 22.6 Å². The minimum absolute atomic E-state index is 0.266. The first-order chi connectivity index (χ1) is 7.59. The first-order valence-electron chi connectivity index (χ1n) is 4.76. The Morgan fingerprint density at radius 2 is 2.25 bits per heavy atom. The summed E-state index contributed by atoms with van der Waals surface area (Å²) < 4.78 is 16.1. The first-order valence-corrected chi connectivity index (χ1v) is 5.84. The number of hydrogen-bond acceptors (Lipinski definition) is 2. The molecule has 2 aromatic rings. The van der Waals surface area contributed by atoms with Gasteiger partial charge in [-0.05, 0) is 41.6 Å². The molecular formula is C11H10FIN2O. The van der Waals surface area contributed by atoms with E-state index in [-0.39, 0.29) is 5.56 Å². The van der Waals surface area contributed by atoms with Crippen molar-refractivity contribution in [3.05, 3.63) is 45.5 Å². The number of aliphatic hydroxyl groups excluding tert-OH is 1. The van der Waals surface area contributed by atoms with Crippen molar-refractivity contribution in [2.45, 2.75) is 13.0 Å². The lowest BCUT2D eigenvalue weighted by Gasteiger charge is -2.12. The molecule has 1 aromatic heterocycles. The van der Waals surface area contributed by atoms with Crippen LogP contribution in [0.15, 0.2) is 30.6 Å². The van der Waals surface area contributed by atoms with Crippen molar-refractivity contribution in [3.8, 4) is 5.69 Å². The molecule has 0 unspecified atom stereocenters. The molecule has 0 aliphatic heterocycles. The summed E-state index contributed by atoms with van der Waals surface area (Å²) in [5.41, 5.74) is 0.833. The van der Waals surface area contributed by atoms with Crippen LogP contribution in [0, 0.1) is 9.39 Å². The number of halogens is 2. The Labute approximate surface area is 106 Å². The zero-order chi connectivity index (χ0) is 11.7. The highest BCUT2D eigenvalue weighted by molar-refractivity contribution is 14.1. The van der Waals surface area contributed by atoms with Crippen LogP contribution in [-0.2, 0) is 0 Å². The van der Waals surface area contributed by atoms with Crippen LogP contribution in [0.1, 0.15) is 18.6 Å². The highest BCUT2D eigenvalue weighted by Gasteiger charge is 2.15. The van der Waals surface area contributed by atoms with Crippen LogP contribution in [0.25, 0.3) is 5.69 Å². The topological polar surface area (TPSA) is 38.0 Å². The van der Waals surface area contributed by atoms with Gasteiger partial charge in [0.15, 0.2) is 0 Å². The number of hydrogen-bond donors (Lipinski definition) is 1. The van der Waals surface area contributed by atoms with E-state index in [1.54, 1.807) is 29.2 Å². The zero-order valence-corrected chi connectivity index (χ0v) is 10.7. The molecule has 5 heteroatoms. The van der Waals surface area contributed by atoms with Gasteiger partial charge in [-0.3, -0.25) is 0 Å². The van der Waals surface area contributed by atoms with Crippen molar-refractivity contribution in [1.29, 1.82) is 0 Å². The fourth-order valence-electron chi connectivity index (χ4n) is 1.57. The first kappa shape index (κ1) is 11.5. The molecule has 2 rings (SSSR count). The van der Waals surface area contributed by atoms with Crippen LogP contribution in [-0.4, -0.2) is 14.9 Å². The SMILES string of the molecule is C[C@H](O)c1c(F)cccc1-n1cc(I)cn1. The third kappa shape index (κ3) is 2.10.